The highest BCUT2D eigenvalue weighted by atomic mass is 16.2. The van der Waals surface area contributed by atoms with Crippen LogP contribution in [0.25, 0.3) is 0 Å². The fraction of sp³-hybridized carbons (Fsp3) is 0.500. The molecule has 64 valence electrons. The van der Waals surface area contributed by atoms with Crippen LogP contribution in [0.3, 0.4) is 0 Å². The minimum Gasteiger partial charge on any atom is -0.306 e. The van der Waals surface area contributed by atoms with E-state index in [9.17, 15) is 9.59 Å². The number of carbonyl (C=O) groups is 2. The first-order chi connectivity index (χ1) is 5.66. The monoisotopic (exact) mass is 166 g/mol. The van der Waals surface area contributed by atoms with Crippen molar-refractivity contribution in [3.63, 3.8) is 0 Å². The molecular weight excluding hydrogens is 156 g/mol. The summed E-state index contributed by atoms with van der Waals surface area (Å²) in [5, 5.41) is 0. The molecule has 1 amide bonds. The van der Waals surface area contributed by atoms with Gasteiger partial charge in [0.05, 0.1) is 13.1 Å². The molecule has 0 atom stereocenters. The summed E-state index contributed by atoms with van der Waals surface area (Å²) in [5.41, 5.74) is 0.846. The Labute approximate surface area is 70.4 Å². The van der Waals surface area contributed by atoms with Crippen LogP contribution in [0.15, 0.2) is 11.8 Å². The zero-order chi connectivity index (χ0) is 8.72. The summed E-state index contributed by atoms with van der Waals surface area (Å²) in [6.07, 6.45) is 1.56. The van der Waals surface area contributed by atoms with E-state index in [4.69, 9.17) is 0 Å². The van der Waals surface area contributed by atoms with Gasteiger partial charge < -0.3 is 4.90 Å². The molecule has 0 N–H and O–H groups in total. The highest BCUT2D eigenvalue weighted by Gasteiger charge is 2.31. The third-order valence-corrected chi connectivity index (χ3v) is 2.13. The molecule has 0 aliphatic carbocycles. The Morgan fingerprint density at radius 2 is 2.00 bits per heavy atom. The number of carbonyl (C=O) groups excluding carboxylic acids is 2. The Morgan fingerprint density at radius 3 is 2.75 bits per heavy atom. The number of piperazine rings is 1. The number of hydrogen-bond acceptors (Lipinski definition) is 3. The molecule has 0 spiro atoms. The smallest absolute Gasteiger partial charge is 0.241 e. The first-order valence-electron chi connectivity index (χ1n) is 3.89. The molecule has 0 bridgehead atoms. The number of amides is 1. The van der Waals surface area contributed by atoms with E-state index in [-0.39, 0.29) is 18.2 Å². The first-order valence-corrected chi connectivity index (χ1v) is 3.89. The maximum absolute atomic E-state index is 11.3. The molecule has 0 aromatic rings. The predicted octanol–water partition coefficient (Wildman–Crippen LogP) is -0.773. The second-order valence-corrected chi connectivity index (χ2v) is 3.25. The van der Waals surface area contributed by atoms with E-state index in [1.807, 2.05) is 11.9 Å². The van der Waals surface area contributed by atoms with E-state index in [1.165, 1.54) is 0 Å². The molecule has 1 fully saturated rings. The molecule has 12 heavy (non-hydrogen) atoms. The molecule has 0 saturated carbocycles. The third-order valence-electron chi connectivity index (χ3n) is 2.13. The van der Waals surface area contributed by atoms with Crippen LogP contribution < -0.4 is 0 Å². The molecule has 0 aromatic carbocycles. The van der Waals surface area contributed by atoms with Crippen molar-refractivity contribution in [3.8, 4) is 0 Å². The summed E-state index contributed by atoms with van der Waals surface area (Å²) in [7, 11) is 1.87. The maximum Gasteiger partial charge on any atom is 0.241 e. The molecule has 0 unspecified atom stereocenters. The van der Waals surface area contributed by atoms with Gasteiger partial charge in [0.2, 0.25) is 5.91 Å². The van der Waals surface area contributed by atoms with Crippen molar-refractivity contribution in [2.45, 2.75) is 0 Å². The summed E-state index contributed by atoms with van der Waals surface area (Å²) >= 11 is 0. The lowest BCUT2D eigenvalue weighted by molar-refractivity contribution is -0.133. The van der Waals surface area contributed by atoms with E-state index in [1.54, 1.807) is 11.0 Å². The second-order valence-electron chi connectivity index (χ2n) is 3.25. The zero-order valence-electron chi connectivity index (χ0n) is 6.91. The van der Waals surface area contributed by atoms with E-state index in [2.05, 4.69) is 0 Å². The highest BCUT2D eigenvalue weighted by molar-refractivity contribution is 5.99. The van der Waals surface area contributed by atoms with Gasteiger partial charge in [-0.3, -0.25) is 14.5 Å². The molecule has 2 aliphatic heterocycles. The van der Waals surface area contributed by atoms with Crippen molar-refractivity contribution in [2.75, 3.05) is 26.7 Å². The van der Waals surface area contributed by atoms with Gasteiger partial charge in [-0.15, -0.1) is 0 Å². The van der Waals surface area contributed by atoms with Gasteiger partial charge in [-0.2, -0.15) is 0 Å². The van der Waals surface area contributed by atoms with Crippen LogP contribution in [-0.2, 0) is 9.59 Å². The van der Waals surface area contributed by atoms with E-state index in [0.717, 1.165) is 5.70 Å². The third kappa shape index (κ3) is 1.04. The maximum atomic E-state index is 11.3. The molecule has 2 rings (SSSR count). The van der Waals surface area contributed by atoms with Gasteiger partial charge in [-0.05, 0) is 7.05 Å². The lowest BCUT2D eigenvalue weighted by Gasteiger charge is -2.30. The van der Waals surface area contributed by atoms with Crippen LogP contribution in [0, 0.1) is 0 Å². The van der Waals surface area contributed by atoms with Crippen molar-refractivity contribution in [3.05, 3.63) is 11.8 Å². The molecule has 2 heterocycles. The summed E-state index contributed by atoms with van der Waals surface area (Å²) < 4.78 is 0. The van der Waals surface area contributed by atoms with Crippen LogP contribution in [-0.4, -0.2) is 48.2 Å². The fourth-order valence-corrected chi connectivity index (χ4v) is 1.59. The lowest BCUT2D eigenvalue weighted by Crippen LogP contribution is -2.45. The molecule has 2 aliphatic rings. The number of likely N-dealkylation sites (N-methyl/N-ethyl adjacent to an activating group) is 1. The van der Waals surface area contributed by atoms with Gasteiger partial charge in [-0.1, -0.05) is 0 Å². The normalized spacial score (nSPS) is 24.4. The van der Waals surface area contributed by atoms with Crippen LogP contribution >= 0.6 is 0 Å². The van der Waals surface area contributed by atoms with Crippen molar-refractivity contribution < 1.29 is 9.59 Å². The lowest BCUT2D eigenvalue weighted by atomic mass is 10.3. The van der Waals surface area contributed by atoms with Crippen molar-refractivity contribution in [1.82, 2.24) is 9.80 Å². The Hall–Kier alpha value is -1.16. The topological polar surface area (TPSA) is 40.6 Å². The van der Waals surface area contributed by atoms with Gasteiger partial charge >= 0.3 is 0 Å². The van der Waals surface area contributed by atoms with Gasteiger partial charge in [0.15, 0.2) is 5.78 Å². The minimum atomic E-state index is 0.0286. The number of nitrogens with zero attached hydrogens (tertiary/aromatic N) is 2. The zero-order valence-corrected chi connectivity index (χ0v) is 6.91. The largest absolute Gasteiger partial charge is 0.306 e. The minimum absolute atomic E-state index is 0.0286. The van der Waals surface area contributed by atoms with Crippen LogP contribution in [0.4, 0.5) is 0 Å². The van der Waals surface area contributed by atoms with Crippen molar-refractivity contribution >= 4 is 11.7 Å². The SMILES string of the molecule is CN1CC(=O)N2CC(=O)C=C2C1. The Kier molecular flexibility index (Phi) is 1.51. The molecule has 4 nitrogen and oxygen atoms in total. The van der Waals surface area contributed by atoms with Gasteiger partial charge in [0, 0.05) is 18.3 Å². The van der Waals surface area contributed by atoms with Crippen LogP contribution in [0.5, 0.6) is 0 Å². The second kappa shape index (κ2) is 2.42. The van der Waals surface area contributed by atoms with Gasteiger partial charge in [-0.25, -0.2) is 0 Å². The summed E-state index contributed by atoms with van der Waals surface area (Å²) in [4.78, 5) is 25.8. The van der Waals surface area contributed by atoms with Crippen LogP contribution in [0.2, 0.25) is 0 Å². The fourth-order valence-electron chi connectivity index (χ4n) is 1.59. The predicted molar refractivity (Wildman–Crippen MR) is 42.3 cm³/mol. The quantitative estimate of drug-likeness (QED) is 0.474. The van der Waals surface area contributed by atoms with Crippen molar-refractivity contribution in [2.24, 2.45) is 0 Å². The Morgan fingerprint density at radius 1 is 1.25 bits per heavy atom. The van der Waals surface area contributed by atoms with Crippen molar-refractivity contribution in [1.29, 1.82) is 0 Å². The summed E-state index contributed by atoms with van der Waals surface area (Å²) in [5.74, 6) is 0.0644. The van der Waals surface area contributed by atoms with E-state index >= 15 is 0 Å². The number of rotatable bonds is 0. The van der Waals surface area contributed by atoms with Crippen LogP contribution in [0.1, 0.15) is 0 Å². The summed E-state index contributed by atoms with van der Waals surface area (Å²) in [6, 6.07) is 0. The standard InChI is InChI=1S/C8H10N2O2/c1-9-3-6-2-7(11)4-10(6)8(12)5-9/h2H,3-5H2,1H3. The average molecular weight is 166 g/mol. The Balaban J connectivity index is 2.26. The van der Waals surface area contributed by atoms with E-state index < -0.39 is 0 Å². The number of ketones is 1. The molecule has 0 radical (unpaired) electrons. The van der Waals surface area contributed by atoms with E-state index in [0.29, 0.717) is 13.1 Å². The highest BCUT2D eigenvalue weighted by Crippen LogP contribution is 2.17. The molecule has 1 saturated heterocycles. The molecular formula is C8H10N2O2. The molecule has 4 heteroatoms. The number of fused-ring (bicyclic) bond motifs is 1. The Bertz CT molecular complexity index is 283. The summed E-state index contributed by atoms with van der Waals surface area (Å²) in [6.45, 7) is 1.38. The first kappa shape index (κ1) is 7.49. The van der Waals surface area contributed by atoms with Gasteiger partial charge in [0.25, 0.3) is 0 Å². The average Bonchev–Trinajstić information content (AvgIpc) is 2.29. The number of hydrogen-bond donors (Lipinski definition) is 0. The van der Waals surface area contributed by atoms with Gasteiger partial charge in [0.1, 0.15) is 0 Å². The molecule has 0 aromatic heterocycles.